The van der Waals surface area contributed by atoms with E-state index in [1.165, 1.54) is 6.42 Å². The molecule has 5 rings (SSSR count). The van der Waals surface area contributed by atoms with Gasteiger partial charge in [-0.2, -0.15) is 0 Å². The van der Waals surface area contributed by atoms with Gasteiger partial charge < -0.3 is 24.1 Å². The largest absolute Gasteiger partial charge is 0.460 e. The summed E-state index contributed by atoms with van der Waals surface area (Å²) < 4.78 is 7.80. The molecule has 2 amide bonds. The summed E-state index contributed by atoms with van der Waals surface area (Å²) in [6.07, 6.45) is 5.60. The van der Waals surface area contributed by atoms with Gasteiger partial charge in [-0.1, -0.05) is 19.3 Å². The Labute approximate surface area is 195 Å². The normalized spacial score (nSPS) is 25.5. The first-order valence-corrected chi connectivity index (χ1v) is 12.5. The zero-order valence-electron chi connectivity index (χ0n) is 20.2. The van der Waals surface area contributed by atoms with E-state index in [1.54, 1.807) is 0 Å². The molecule has 1 atom stereocenters. The van der Waals surface area contributed by atoms with Crippen molar-refractivity contribution in [1.29, 1.82) is 0 Å². The molecule has 2 aliphatic heterocycles. The lowest BCUT2D eigenvalue weighted by Gasteiger charge is -2.45. The van der Waals surface area contributed by atoms with Crippen molar-refractivity contribution in [2.24, 2.45) is 0 Å². The third-order valence-corrected chi connectivity index (χ3v) is 7.90. The molecule has 0 spiro atoms. The van der Waals surface area contributed by atoms with Crippen LogP contribution in [0.3, 0.4) is 0 Å². The molecule has 0 radical (unpaired) electrons. The molecule has 1 saturated carbocycles. The summed E-state index contributed by atoms with van der Waals surface area (Å²) in [4.78, 5) is 34.1. The van der Waals surface area contributed by atoms with E-state index in [0.29, 0.717) is 24.4 Å². The third-order valence-electron chi connectivity index (χ3n) is 7.90. The van der Waals surface area contributed by atoms with Gasteiger partial charge in [0.25, 0.3) is 5.91 Å². The fourth-order valence-electron chi connectivity index (χ4n) is 5.71. The van der Waals surface area contributed by atoms with Gasteiger partial charge in [0.1, 0.15) is 17.0 Å². The smallest absolute Gasteiger partial charge is 0.271 e. The van der Waals surface area contributed by atoms with Crippen LogP contribution in [-0.4, -0.2) is 89.0 Å². The maximum absolute atomic E-state index is 13.8. The first kappa shape index (κ1) is 22.5. The van der Waals surface area contributed by atoms with Crippen LogP contribution < -0.4 is 5.32 Å². The number of aryl methyl sites for hydroxylation is 1. The van der Waals surface area contributed by atoms with E-state index in [1.807, 2.05) is 35.4 Å². The molecule has 3 aliphatic rings. The number of amides is 2. The van der Waals surface area contributed by atoms with Crippen molar-refractivity contribution in [2.75, 3.05) is 46.3 Å². The van der Waals surface area contributed by atoms with Gasteiger partial charge in [-0.3, -0.25) is 14.5 Å². The Morgan fingerprint density at radius 3 is 2.58 bits per heavy atom. The van der Waals surface area contributed by atoms with Crippen molar-refractivity contribution < 1.29 is 14.0 Å². The topological polar surface area (TPSA) is 74.0 Å². The number of hydrogen-bond acceptors (Lipinski definition) is 5. The standard InChI is InChI=1S/C25H37N5O3/c1-18-15-20-22(33-18)16-21-23(31)30(14-13-28-11-9-27(3)10-12-28)25(2,17-29(20)21)24(32)26-19-7-5-4-6-8-19/h15-16,19H,4-14,17H2,1-3H3,(H,26,32). The molecule has 1 saturated heterocycles. The number of aromatic nitrogens is 1. The van der Waals surface area contributed by atoms with E-state index in [-0.39, 0.29) is 17.9 Å². The Hall–Kier alpha value is -2.32. The number of nitrogens with one attached hydrogen (secondary N) is 1. The third kappa shape index (κ3) is 4.19. The van der Waals surface area contributed by atoms with Crippen molar-refractivity contribution >= 4 is 22.9 Å². The molecular weight excluding hydrogens is 418 g/mol. The maximum atomic E-state index is 13.8. The van der Waals surface area contributed by atoms with E-state index in [0.717, 1.165) is 69.7 Å². The van der Waals surface area contributed by atoms with Gasteiger partial charge in [-0.25, -0.2) is 0 Å². The van der Waals surface area contributed by atoms with Crippen LogP contribution in [-0.2, 0) is 11.3 Å². The van der Waals surface area contributed by atoms with Crippen LogP contribution >= 0.6 is 0 Å². The Kier molecular flexibility index (Phi) is 5.99. The van der Waals surface area contributed by atoms with Gasteiger partial charge >= 0.3 is 0 Å². The molecule has 2 fully saturated rings. The minimum absolute atomic E-state index is 0.0335. The van der Waals surface area contributed by atoms with Gasteiger partial charge in [-0.05, 0) is 33.7 Å². The molecule has 1 N–H and O–H groups in total. The van der Waals surface area contributed by atoms with Crippen molar-refractivity contribution in [2.45, 2.75) is 64.1 Å². The summed E-state index contributed by atoms with van der Waals surface area (Å²) in [5.41, 5.74) is 1.29. The van der Waals surface area contributed by atoms with Crippen LogP contribution in [0.5, 0.6) is 0 Å². The SMILES string of the molecule is Cc1cc2c(cc3n2CC(C)(C(=O)NC2CCCCC2)N(CCN2CCN(C)CC2)C3=O)o1. The van der Waals surface area contributed by atoms with Crippen molar-refractivity contribution in [3.05, 3.63) is 23.6 Å². The Morgan fingerprint density at radius 2 is 1.85 bits per heavy atom. The van der Waals surface area contributed by atoms with Crippen LogP contribution in [0.15, 0.2) is 16.5 Å². The van der Waals surface area contributed by atoms with Gasteiger partial charge in [0, 0.05) is 57.4 Å². The average Bonchev–Trinajstić information content (AvgIpc) is 3.32. The minimum atomic E-state index is -0.939. The van der Waals surface area contributed by atoms with Crippen LogP contribution in [0.4, 0.5) is 0 Å². The molecule has 2 aromatic rings. The molecule has 8 heteroatoms. The summed E-state index contributed by atoms with van der Waals surface area (Å²) in [7, 11) is 2.14. The number of nitrogens with zero attached hydrogens (tertiary/aromatic N) is 4. The summed E-state index contributed by atoms with van der Waals surface area (Å²) >= 11 is 0. The number of furan rings is 1. The van der Waals surface area contributed by atoms with E-state index >= 15 is 0 Å². The number of likely N-dealkylation sites (N-methyl/N-ethyl adjacent to an activating group) is 1. The first-order chi connectivity index (χ1) is 15.8. The zero-order chi connectivity index (χ0) is 23.2. The highest BCUT2D eigenvalue weighted by molar-refractivity contribution is 6.03. The second-order valence-corrected chi connectivity index (χ2v) is 10.4. The van der Waals surface area contributed by atoms with Crippen LogP contribution in [0.25, 0.3) is 11.1 Å². The first-order valence-electron chi connectivity index (χ1n) is 12.5. The lowest BCUT2D eigenvalue weighted by molar-refractivity contribution is -0.134. The van der Waals surface area contributed by atoms with Crippen molar-refractivity contribution in [3.63, 3.8) is 0 Å². The number of fused-ring (bicyclic) bond motifs is 3. The van der Waals surface area contributed by atoms with Gasteiger partial charge in [0.2, 0.25) is 5.91 Å². The molecule has 0 aromatic carbocycles. The fraction of sp³-hybridized carbons (Fsp3) is 0.680. The van der Waals surface area contributed by atoms with Crippen LogP contribution in [0.2, 0.25) is 0 Å². The number of rotatable bonds is 5. The second kappa shape index (κ2) is 8.80. The highest BCUT2D eigenvalue weighted by Gasteiger charge is 2.48. The average molecular weight is 456 g/mol. The summed E-state index contributed by atoms with van der Waals surface area (Å²) in [6, 6.07) is 4.01. The number of carbonyl (C=O) groups is 2. The number of piperazine rings is 1. The molecule has 8 nitrogen and oxygen atoms in total. The Morgan fingerprint density at radius 1 is 1.12 bits per heavy atom. The second-order valence-electron chi connectivity index (χ2n) is 10.4. The highest BCUT2D eigenvalue weighted by Crippen LogP contribution is 2.34. The minimum Gasteiger partial charge on any atom is -0.460 e. The zero-order valence-corrected chi connectivity index (χ0v) is 20.2. The lowest BCUT2D eigenvalue weighted by Crippen LogP contribution is -2.66. The van der Waals surface area contributed by atoms with Crippen molar-refractivity contribution in [3.8, 4) is 0 Å². The van der Waals surface area contributed by atoms with E-state index in [9.17, 15) is 9.59 Å². The summed E-state index contributed by atoms with van der Waals surface area (Å²) in [5.74, 6) is 0.697. The van der Waals surface area contributed by atoms with Gasteiger partial charge in [0.05, 0.1) is 12.1 Å². The Bertz CT molecular complexity index is 1030. The number of carbonyl (C=O) groups excluding carboxylic acids is 2. The summed E-state index contributed by atoms with van der Waals surface area (Å²) in [6.45, 7) is 9.67. The molecule has 2 aromatic heterocycles. The monoisotopic (exact) mass is 455 g/mol. The predicted octanol–water partition coefficient (Wildman–Crippen LogP) is 2.45. The quantitative estimate of drug-likeness (QED) is 0.750. The maximum Gasteiger partial charge on any atom is 0.271 e. The van der Waals surface area contributed by atoms with E-state index in [2.05, 4.69) is 22.2 Å². The van der Waals surface area contributed by atoms with E-state index in [4.69, 9.17) is 4.42 Å². The van der Waals surface area contributed by atoms with Crippen molar-refractivity contribution in [1.82, 2.24) is 24.6 Å². The van der Waals surface area contributed by atoms with Crippen LogP contribution in [0, 0.1) is 6.92 Å². The molecule has 4 heterocycles. The molecular formula is C25H37N5O3. The van der Waals surface area contributed by atoms with Crippen LogP contribution in [0.1, 0.15) is 55.3 Å². The Balaban J connectivity index is 1.42. The molecule has 33 heavy (non-hydrogen) atoms. The fourth-order valence-corrected chi connectivity index (χ4v) is 5.71. The predicted molar refractivity (Wildman–Crippen MR) is 127 cm³/mol. The molecule has 1 unspecified atom stereocenters. The molecule has 0 bridgehead atoms. The summed E-state index contributed by atoms with van der Waals surface area (Å²) in [5, 5.41) is 3.31. The van der Waals surface area contributed by atoms with E-state index < -0.39 is 5.54 Å². The molecule has 180 valence electrons. The van der Waals surface area contributed by atoms with Gasteiger partial charge in [-0.15, -0.1) is 0 Å². The lowest BCUT2D eigenvalue weighted by atomic mass is 9.91. The highest BCUT2D eigenvalue weighted by atomic mass is 16.3. The van der Waals surface area contributed by atoms with Gasteiger partial charge in [0.15, 0.2) is 5.58 Å². The number of hydrogen-bond donors (Lipinski definition) is 1. The molecule has 1 aliphatic carbocycles.